The Morgan fingerprint density at radius 1 is 0.969 bits per heavy atom. The van der Waals surface area contributed by atoms with Gasteiger partial charge >= 0.3 is 0 Å². The summed E-state index contributed by atoms with van der Waals surface area (Å²) in [6, 6.07) is 11.3. The molecule has 164 valence electrons. The molecule has 1 fully saturated rings. The van der Waals surface area contributed by atoms with Crippen LogP contribution in [-0.4, -0.2) is 57.9 Å². The van der Waals surface area contributed by atoms with Crippen LogP contribution in [0.1, 0.15) is 57.5 Å². The largest absolute Gasteiger partial charge is 0.350 e. The van der Waals surface area contributed by atoms with E-state index in [1.54, 1.807) is 0 Å². The number of fused-ring (bicyclic) bond motifs is 1. The average molecular weight is 431 g/mol. The highest BCUT2D eigenvalue weighted by Gasteiger charge is 2.31. The summed E-state index contributed by atoms with van der Waals surface area (Å²) >= 11 is 0. The number of likely N-dealkylation sites (tertiary alicyclic amines) is 1. The molecular formula is C25H26N4O3. The third-order valence-corrected chi connectivity index (χ3v) is 6.39. The summed E-state index contributed by atoms with van der Waals surface area (Å²) in [5.74, 6) is 0.348. The lowest BCUT2D eigenvalue weighted by Gasteiger charge is -2.32. The van der Waals surface area contributed by atoms with Crippen molar-refractivity contribution >= 4 is 22.7 Å². The predicted molar refractivity (Wildman–Crippen MR) is 121 cm³/mol. The Labute approximate surface area is 186 Å². The highest BCUT2D eigenvalue weighted by atomic mass is 16.5. The van der Waals surface area contributed by atoms with E-state index in [-0.39, 0.29) is 17.7 Å². The van der Waals surface area contributed by atoms with Crippen molar-refractivity contribution in [1.29, 1.82) is 0 Å². The summed E-state index contributed by atoms with van der Waals surface area (Å²) in [6.45, 7) is 4.52. The third-order valence-electron chi connectivity index (χ3n) is 6.39. The van der Waals surface area contributed by atoms with Gasteiger partial charge in [-0.1, -0.05) is 29.4 Å². The molecule has 0 N–H and O–H groups in total. The summed E-state index contributed by atoms with van der Waals surface area (Å²) in [5.41, 5.74) is 3.14. The summed E-state index contributed by atoms with van der Waals surface area (Å²) < 4.78 is 5.37. The molecule has 0 unspecified atom stereocenters. The van der Waals surface area contributed by atoms with Crippen LogP contribution in [0.15, 0.2) is 53.1 Å². The van der Waals surface area contributed by atoms with E-state index < -0.39 is 0 Å². The first-order valence-electron chi connectivity index (χ1n) is 11.2. The van der Waals surface area contributed by atoms with Gasteiger partial charge in [0.2, 0.25) is 5.76 Å². The molecule has 0 saturated carbocycles. The number of hydrogen-bond acceptors (Lipinski definition) is 5. The molecule has 4 heterocycles. The van der Waals surface area contributed by atoms with Crippen LogP contribution in [-0.2, 0) is 0 Å². The fourth-order valence-electron chi connectivity index (χ4n) is 4.61. The van der Waals surface area contributed by atoms with Crippen molar-refractivity contribution in [3.63, 3.8) is 0 Å². The third kappa shape index (κ3) is 3.79. The number of carbonyl (C=O) groups excluding carboxylic acids is 2. The smallest absolute Gasteiger partial charge is 0.293 e. The molecular weight excluding hydrogens is 404 g/mol. The van der Waals surface area contributed by atoms with E-state index in [0.29, 0.717) is 36.5 Å². The molecule has 32 heavy (non-hydrogen) atoms. The van der Waals surface area contributed by atoms with E-state index in [0.717, 1.165) is 42.6 Å². The van der Waals surface area contributed by atoms with Crippen molar-refractivity contribution in [2.75, 3.05) is 26.2 Å². The first-order chi connectivity index (χ1) is 15.6. The topological polar surface area (TPSA) is 79.5 Å². The molecule has 2 amide bonds. The minimum Gasteiger partial charge on any atom is -0.350 e. The number of pyridine rings is 1. The molecule has 2 aromatic heterocycles. The predicted octanol–water partition coefficient (Wildman–Crippen LogP) is 3.95. The quantitative estimate of drug-likeness (QED) is 0.588. The van der Waals surface area contributed by atoms with Crippen LogP contribution >= 0.6 is 0 Å². The molecule has 0 atom stereocenters. The molecule has 2 aliphatic rings. The number of carbonyl (C=O) groups is 2. The van der Waals surface area contributed by atoms with Gasteiger partial charge in [-0.25, -0.2) is 0 Å². The Balaban J connectivity index is 1.33. The number of benzene rings is 1. The second-order valence-corrected chi connectivity index (χ2v) is 8.49. The van der Waals surface area contributed by atoms with Gasteiger partial charge in [-0.05, 0) is 50.5 Å². The van der Waals surface area contributed by atoms with Crippen molar-refractivity contribution in [1.82, 2.24) is 19.9 Å². The molecule has 1 aromatic carbocycles. The Morgan fingerprint density at radius 2 is 1.78 bits per heavy atom. The molecule has 0 radical (unpaired) electrons. The molecule has 0 spiro atoms. The van der Waals surface area contributed by atoms with Crippen molar-refractivity contribution in [2.24, 2.45) is 0 Å². The van der Waals surface area contributed by atoms with Crippen LogP contribution in [0.5, 0.6) is 0 Å². The normalized spacial score (nSPS) is 17.2. The van der Waals surface area contributed by atoms with Crippen molar-refractivity contribution in [3.8, 4) is 0 Å². The van der Waals surface area contributed by atoms with Gasteiger partial charge in [-0.2, -0.15) is 0 Å². The van der Waals surface area contributed by atoms with Gasteiger partial charge in [0.15, 0.2) is 0 Å². The van der Waals surface area contributed by atoms with Crippen LogP contribution in [0.4, 0.5) is 0 Å². The first-order valence-corrected chi connectivity index (χ1v) is 11.2. The van der Waals surface area contributed by atoms with E-state index in [4.69, 9.17) is 9.51 Å². The summed E-state index contributed by atoms with van der Waals surface area (Å²) in [4.78, 5) is 34.7. The van der Waals surface area contributed by atoms with Gasteiger partial charge < -0.3 is 14.3 Å². The SMILES string of the molecule is Cc1ccc(C(=O)N2CC=CCC2)c(C2CCN(C(=O)c3onc4ccccc34)CC2)n1. The van der Waals surface area contributed by atoms with Gasteiger partial charge in [0.25, 0.3) is 11.8 Å². The zero-order chi connectivity index (χ0) is 22.1. The summed E-state index contributed by atoms with van der Waals surface area (Å²) in [6.07, 6.45) is 6.56. The Hall–Kier alpha value is -3.48. The number of piperidine rings is 1. The van der Waals surface area contributed by atoms with Gasteiger partial charge in [-0.3, -0.25) is 14.6 Å². The average Bonchev–Trinajstić information content (AvgIpc) is 3.28. The number of amides is 2. The highest BCUT2D eigenvalue weighted by molar-refractivity contribution is 6.03. The lowest BCUT2D eigenvalue weighted by molar-refractivity contribution is 0.0669. The van der Waals surface area contributed by atoms with E-state index in [2.05, 4.69) is 11.2 Å². The number of nitrogens with zero attached hydrogens (tertiary/aromatic N) is 4. The van der Waals surface area contributed by atoms with Gasteiger partial charge in [0.05, 0.1) is 16.6 Å². The van der Waals surface area contributed by atoms with Crippen molar-refractivity contribution < 1.29 is 14.1 Å². The summed E-state index contributed by atoms with van der Waals surface area (Å²) in [5, 5.41) is 4.74. The van der Waals surface area contributed by atoms with Gasteiger partial charge in [0, 0.05) is 37.8 Å². The van der Waals surface area contributed by atoms with E-state index in [1.807, 2.05) is 59.2 Å². The van der Waals surface area contributed by atoms with Crippen LogP contribution in [0.25, 0.3) is 10.9 Å². The number of aryl methyl sites for hydroxylation is 1. The lowest BCUT2D eigenvalue weighted by atomic mass is 9.89. The highest BCUT2D eigenvalue weighted by Crippen LogP contribution is 2.31. The van der Waals surface area contributed by atoms with Crippen LogP contribution in [0.3, 0.4) is 0 Å². The standard InChI is InChI=1S/C25H26N4O3/c1-17-9-10-20(24(30)28-13-5-2-6-14-28)22(26-17)18-11-15-29(16-12-18)25(31)23-19-7-3-4-8-21(19)27-32-23/h2-5,7-10,18H,6,11-16H2,1H3. The minimum atomic E-state index is -0.134. The van der Waals surface area contributed by atoms with Gasteiger partial charge in [-0.15, -0.1) is 0 Å². The molecule has 5 rings (SSSR count). The Kier molecular flexibility index (Phi) is 5.47. The Morgan fingerprint density at radius 3 is 2.56 bits per heavy atom. The molecule has 7 heteroatoms. The second-order valence-electron chi connectivity index (χ2n) is 8.49. The molecule has 0 bridgehead atoms. The maximum absolute atomic E-state index is 13.2. The Bertz CT molecular complexity index is 1190. The zero-order valence-corrected chi connectivity index (χ0v) is 18.2. The number of rotatable bonds is 3. The van der Waals surface area contributed by atoms with E-state index in [9.17, 15) is 9.59 Å². The van der Waals surface area contributed by atoms with Crippen LogP contribution in [0, 0.1) is 6.92 Å². The van der Waals surface area contributed by atoms with Crippen LogP contribution in [0.2, 0.25) is 0 Å². The fraction of sp³-hybridized carbons (Fsp3) is 0.360. The zero-order valence-electron chi connectivity index (χ0n) is 18.2. The number of hydrogen-bond donors (Lipinski definition) is 0. The molecule has 2 aliphatic heterocycles. The van der Waals surface area contributed by atoms with Crippen molar-refractivity contribution in [3.05, 3.63) is 71.3 Å². The molecule has 1 saturated heterocycles. The van der Waals surface area contributed by atoms with Crippen LogP contribution < -0.4 is 0 Å². The van der Waals surface area contributed by atoms with E-state index >= 15 is 0 Å². The minimum absolute atomic E-state index is 0.0449. The first kappa shape index (κ1) is 20.4. The monoisotopic (exact) mass is 430 g/mol. The maximum atomic E-state index is 13.2. The fourth-order valence-corrected chi connectivity index (χ4v) is 4.61. The molecule has 3 aromatic rings. The maximum Gasteiger partial charge on any atom is 0.293 e. The lowest BCUT2D eigenvalue weighted by Crippen LogP contribution is -2.39. The van der Waals surface area contributed by atoms with Gasteiger partial charge in [0.1, 0.15) is 5.52 Å². The molecule has 7 nitrogen and oxygen atoms in total. The van der Waals surface area contributed by atoms with Crippen molar-refractivity contribution in [2.45, 2.75) is 32.1 Å². The summed E-state index contributed by atoms with van der Waals surface area (Å²) in [7, 11) is 0. The number of aromatic nitrogens is 2. The molecule has 0 aliphatic carbocycles. The second kappa shape index (κ2) is 8.57. The van der Waals surface area contributed by atoms with E-state index in [1.165, 1.54) is 0 Å².